The number of hydrogen-bond donors (Lipinski definition) is 3. The normalized spacial score (nSPS) is 14.7. The van der Waals surface area contributed by atoms with E-state index < -0.39 is 16.1 Å². The summed E-state index contributed by atoms with van der Waals surface area (Å²) in [6.45, 7) is 5.49. The highest BCUT2D eigenvalue weighted by molar-refractivity contribution is 7.89. The van der Waals surface area contributed by atoms with Crippen LogP contribution in [0.5, 0.6) is 0 Å². The Kier molecular flexibility index (Phi) is 7.98. The van der Waals surface area contributed by atoms with E-state index in [-0.39, 0.29) is 10.9 Å². The Morgan fingerprint density at radius 2 is 2.09 bits per heavy atom. The second kappa shape index (κ2) is 9.22. The Labute approximate surface area is 132 Å². The fraction of sp³-hybridized carbons (Fsp3) is 0.600. The number of nitrogens with one attached hydrogen (secondary N) is 1. The number of nitrogens with two attached hydrogens (primary N) is 1. The number of rotatable bonds is 10. The fourth-order valence-electron chi connectivity index (χ4n) is 2.15. The number of aliphatic hydroxyl groups excluding tert-OH is 1. The van der Waals surface area contributed by atoms with Gasteiger partial charge in [-0.2, -0.15) is 0 Å². The highest BCUT2D eigenvalue weighted by atomic mass is 32.2. The van der Waals surface area contributed by atoms with Crippen LogP contribution in [-0.2, 0) is 14.8 Å². The smallest absolute Gasteiger partial charge is 0.238 e. The van der Waals surface area contributed by atoms with E-state index in [1.165, 1.54) is 6.07 Å². The van der Waals surface area contributed by atoms with E-state index >= 15 is 0 Å². The first-order valence-corrected chi connectivity index (χ1v) is 9.05. The molecule has 1 aromatic rings. The molecule has 1 aromatic carbocycles. The van der Waals surface area contributed by atoms with Crippen molar-refractivity contribution in [2.45, 2.75) is 43.7 Å². The minimum absolute atomic E-state index is 0.0385. The zero-order chi connectivity index (χ0) is 16.6. The van der Waals surface area contributed by atoms with Crippen molar-refractivity contribution in [3.05, 3.63) is 29.8 Å². The maximum Gasteiger partial charge on any atom is 0.238 e. The van der Waals surface area contributed by atoms with Crippen LogP contribution in [0.15, 0.2) is 29.2 Å². The number of aliphatic hydroxyl groups is 1. The Bertz CT molecular complexity index is 548. The highest BCUT2D eigenvalue weighted by Gasteiger charge is 2.14. The number of sulfonamides is 1. The van der Waals surface area contributed by atoms with Crippen molar-refractivity contribution in [3.63, 3.8) is 0 Å². The van der Waals surface area contributed by atoms with E-state index in [9.17, 15) is 13.5 Å². The van der Waals surface area contributed by atoms with E-state index in [0.29, 0.717) is 26.2 Å². The molecule has 0 fully saturated rings. The third kappa shape index (κ3) is 6.41. The van der Waals surface area contributed by atoms with Gasteiger partial charge in [-0.05, 0) is 37.5 Å². The van der Waals surface area contributed by atoms with Crippen molar-refractivity contribution in [2.75, 3.05) is 19.8 Å². The van der Waals surface area contributed by atoms with Gasteiger partial charge in [-0.1, -0.05) is 19.1 Å². The van der Waals surface area contributed by atoms with Crippen molar-refractivity contribution in [1.82, 2.24) is 5.32 Å². The van der Waals surface area contributed by atoms with Crippen LogP contribution in [0.25, 0.3) is 0 Å². The van der Waals surface area contributed by atoms with Crippen molar-refractivity contribution in [1.29, 1.82) is 0 Å². The molecular formula is C15H26N2O4S. The summed E-state index contributed by atoms with van der Waals surface area (Å²) in [6.07, 6.45) is 0.836. The Balaban J connectivity index is 2.64. The lowest BCUT2D eigenvalue weighted by molar-refractivity contribution is 0.0865. The molecule has 0 aliphatic heterocycles. The molecule has 1 rings (SSSR count). The Morgan fingerprint density at radius 1 is 1.36 bits per heavy atom. The maximum atomic E-state index is 11.4. The predicted molar refractivity (Wildman–Crippen MR) is 86.0 cm³/mol. The molecule has 0 heterocycles. The molecule has 0 amide bonds. The minimum atomic E-state index is -3.71. The summed E-state index contributed by atoms with van der Waals surface area (Å²) >= 11 is 0. The second-order valence-electron chi connectivity index (χ2n) is 5.13. The first-order valence-electron chi connectivity index (χ1n) is 7.50. The van der Waals surface area contributed by atoms with Crippen molar-refractivity contribution < 1.29 is 18.3 Å². The van der Waals surface area contributed by atoms with Crippen molar-refractivity contribution in [3.8, 4) is 0 Å². The first-order chi connectivity index (χ1) is 10.4. The average molecular weight is 330 g/mol. The van der Waals surface area contributed by atoms with Crippen LogP contribution >= 0.6 is 0 Å². The predicted octanol–water partition coefficient (Wildman–Crippen LogP) is 1.16. The molecule has 0 aromatic heterocycles. The van der Waals surface area contributed by atoms with Gasteiger partial charge in [-0.3, -0.25) is 0 Å². The van der Waals surface area contributed by atoms with E-state index in [4.69, 9.17) is 9.88 Å². The number of hydrogen-bond acceptors (Lipinski definition) is 5. The summed E-state index contributed by atoms with van der Waals surface area (Å²) in [4.78, 5) is 0.0992. The van der Waals surface area contributed by atoms with Gasteiger partial charge < -0.3 is 15.2 Å². The molecular weight excluding hydrogens is 304 g/mol. The van der Waals surface area contributed by atoms with E-state index in [1.807, 2.05) is 19.9 Å². The molecule has 22 heavy (non-hydrogen) atoms. The molecule has 0 aliphatic rings. The minimum Gasteiger partial charge on any atom is -0.392 e. The summed E-state index contributed by atoms with van der Waals surface area (Å²) in [7, 11) is -3.71. The molecule has 7 heteroatoms. The fourth-order valence-corrected chi connectivity index (χ4v) is 2.72. The Morgan fingerprint density at radius 3 is 2.68 bits per heavy atom. The van der Waals surface area contributed by atoms with E-state index in [2.05, 4.69) is 5.32 Å². The number of ether oxygens (including phenoxy) is 1. The van der Waals surface area contributed by atoms with Crippen LogP contribution < -0.4 is 10.5 Å². The van der Waals surface area contributed by atoms with Crippen molar-refractivity contribution in [2.24, 2.45) is 5.14 Å². The first kappa shape index (κ1) is 19.1. The van der Waals surface area contributed by atoms with Crippen LogP contribution in [-0.4, -0.2) is 39.4 Å². The van der Waals surface area contributed by atoms with Crippen LogP contribution in [0.4, 0.5) is 0 Å². The maximum absolute atomic E-state index is 11.4. The largest absolute Gasteiger partial charge is 0.392 e. The van der Waals surface area contributed by atoms with Crippen LogP contribution in [0.2, 0.25) is 0 Å². The topological polar surface area (TPSA) is 102 Å². The lowest BCUT2D eigenvalue weighted by atomic mass is 10.0. The van der Waals surface area contributed by atoms with Crippen LogP contribution in [0, 0.1) is 0 Å². The molecule has 6 nitrogen and oxygen atoms in total. The second-order valence-corrected chi connectivity index (χ2v) is 6.69. The van der Waals surface area contributed by atoms with Gasteiger partial charge in [0.25, 0.3) is 0 Å². The van der Waals surface area contributed by atoms with Crippen molar-refractivity contribution >= 4 is 10.0 Å². The standard InChI is InChI=1S/C15H26N2O4S/c1-3-15(17-11-13(18)8-9-21-4-2)12-6-5-7-14(10-12)22(16,19)20/h5-7,10,13,15,17-18H,3-4,8-9,11H2,1-2H3,(H2,16,19,20)/t13-,15-/m0/s1. The molecule has 0 radical (unpaired) electrons. The zero-order valence-corrected chi connectivity index (χ0v) is 14.0. The van der Waals surface area contributed by atoms with Gasteiger partial charge in [0.1, 0.15) is 0 Å². The third-order valence-electron chi connectivity index (χ3n) is 3.40. The molecule has 126 valence electrons. The quantitative estimate of drug-likeness (QED) is 0.559. The summed E-state index contributed by atoms with van der Waals surface area (Å²) in [5.74, 6) is 0. The summed E-state index contributed by atoms with van der Waals surface area (Å²) in [6, 6.07) is 6.53. The van der Waals surface area contributed by atoms with Gasteiger partial charge in [-0.25, -0.2) is 13.6 Å². The van der Waals surface area contributed by atoms with Gasteiger partial charge >= 0.3 is 0 Å². The number of benzene rings is 1. The zero-order valence-electron chi connectivity index (χ0n) is 13.2. The summed E-state index contributed by atoms with van der Waals surface area (Å²) in [5, 5.41) is 18.3. The third-order valence-corrected chi connectivity index (χ3v) is 4.31. The molecule has 0 spiro atoms. The molecule has 0 saturated carbocycles. The van der Waals surface area contributed by atoms with E-state index in [0.717, 1.165) is 12.0 Å². The van der Waals surface area contributed by atoms with Gasteiger partial charge in [0.2, 0.25) is 10.0 Å². The lowest BCUT2D eigenvalue weighted by Crippen LogP contribution is -2.31. The van der Waals surface area contributed by atoms with E-state index in [1.54, 1.807) is 12.1 Å². The summed E-state index contributed by atoms with van der Waals surface area (Å²) in [5.41, 5.74) is 0.839. The van der Waals surface area contributed by atoms with Gasteiger partial charge in [0.15, 0.2) is 0 Å². The van der Waals surface area contributed by atoms with Gasteiger partial charge in [0, 0.05) is 25.8 Å². The molecule has 0 bridgehead atoms. The molecule has 0 aliphatic carbocycles. The highest BCUT2D eigenvalue weighted by Crippen LogP contribution is 2.19. The van der Waals surface area contributed by atoms with Crippen LogP contribution in [0.1, 0.15) is 38.3 Å². The monoisotopic (exact) mass is 330 g/mol. The molecule has 0 saturated heterocycles. The van der Waals surface area contributed by atoms with Crippen LogP contribution in [0.3, 0.4) is 0 Å². The molecule has 2 atom stereocenters. The SMILES string of the molecule is CCOCC[C@H](O)CN[C@@H](CC)c1cccc(S(N)(=O)=O)c1. The molecule has 0 unspecified atom stereocenters. The number of primary sulfonamides is 1. The molecule has 4 N–H and O–H groups in total. The Hall–Kier alpha value is -0.990. The average Bonchev–Trinajstić information content (AvgIpc) is 2.47. The lowest BCUT2D eigenvalue weighted by Gasteiger charge is -2.20. The van der Waals surface area contributed by atoms with Gasteiger partial charge in [0.05, 0.1) is 11.0 Å². The summed E-state index contributed by atoms with van der Waals surface area (Å²) < 4.78 is 28.0. The van der Waals surface area contributed by atoms with Gasteiger partial charge in [-0.15, -0.1) is 0 Å².